The van der Waals surface area contributed by atoms with Crippen molar-refractivity contribution in [3.05, 3.63) is 0 Å². The molecule has 0 saturated carbocycles. The van der Waals surface area contributed by atoms with Gasteiger partial charge in [-0.05, 0) is 24.9 Å². The van der Waals surface area contributed by atoms with Crippen molar-refractivity contribution < 1.29 is 4.74 Å². The van der Waals surface area contributed by atoms with Crippen LogP contribution in [0.2, 0.25) is 0 Å². The summed E-state index contributed by atoms with van der Waals surface area (Å²) >= 11 is 0. The molecule has 1 unspecified atom stereocenters. The predicted octanol–water partition coefficient (Wildman–Crippen LogP) is 1.73. The van der Waals surface area contributed by atoms with E-state index < -0.39 is 0 Å². The third-order valence-electron chi connectivity index (χ3n) is 3.09. The second-order valence-corrected chi connectivity index (χ2v) is 5.90. The van der Waals surface area contributed by atoms with E-state index in [0.29, 0.717) is 11.5 Å². The van der Waals surface area contributed by atoms with Gasteiger partial charge in [-0.2, -0.15) is 0 Å². The van der Waals surface area contributed by atoms with Crippen LogP contribution in [0.4, 0.5) is 0 Å². The molecule has 0 aromatic heterocycles. The summed E-state index contributed by atoms with van der Waals surface area (Å²) in [5, 5.41) is 3.50. The zero-order valence-corrected chi connectivity index (χ0v) is 11.4. The van der Waals surface area contributed by atoms with E-state index in [-0.39, 0.29) is 0 Å². The monoisotopic (exact) mass is 228 g/mol. The summed E-state index contributed by atoms with van der Waals surface area (Å²) in [5.41, 5.74) is 0.426. The number of nitrogens with one attached hydrogen (secondary N) is 1. The van der Waals surface area contributed by atoms with Gasteiger partial charge >= 0.3 is 0 Å². The predicted molar refractivity (Wildman–Crippen MR) is 68.8 cm³/mol. The van der Waals surface area contributed by atoms with Crippen LogP contribution in [-0.4, -0.2) is 50.3 Å². The van der Waals surface area contributed by atoms with Gasteiger partial charge in [0, 0.05) is 19.6 Å². The summed E-state index contributed by atoms with van der Waals surface area (Å²) in [6.45, 7) is 15.4. The van der Waals surface area contributed by atoms with Crippen molar-refractivity contribution in [3.8, 4) is 0 Å². The average Bonchev–Trinajstić information content (AvgIpc) is 2.23. The molecule has 3 heteroatoms. The Morgan fingerprint density at radius 2 is 2.12 bits per heavy atom. The maximum absolute atomic E-state index is 5.74. The van der Waals surface area contributed by atoms with Gasteiger partial charge in [0.1, 0.15) is 0 Å². The minimum Gasteiger partial charge on any atom is -0.374 e. The van der Waals surface area contributed by atoms with E-state index in [1.807, 2.05) is 0 Å². The summed E-state index contributed by atoms with van der Waals surface area (Å²) in [6, 6.07) is 0. The minimum atomic E-state index is 0.383. The van der Waals surface area contributed by atoms with Crippen LogP contribution >= 0.6 is 0 Å². The molecule has 0 aromatic carbocycles. The third-order valence-corrected chi connectivity index (χ3v) is 3.09. The van der Waals surface area contributed by atoms with Crippen molar-refractivity contribution in [1.82, 2.24) is 10.2 Å². The van der Waals surface area contributed by atoms with Crippen LogP contribution < -0.4 is 5.32 Å². The van der Waals surface area contributed by atoms with Gasteiger partial charge in [0.2, 0.25) is 0 Å². The highest BCUT2D eigenvalue weighted by Crippen LogP contribution is 2.16. The summed E-state index contributed by atoms with van der Waals surface area (Å²) in [5.74, 6) is 0. The maximum Gasteiger partial charge on any atom is 0.0826 e. The number of hydrogen-bond acceptors (Lipinski definition) is 3. The summed E-state index contributed by atoms with van der Waals surface area (Å²) in [7, 11) is 0. The van der Waals surface area contributed by atoms with Gasteiger partial charge in [0.05, 0.1) is 12.7 Å². The maximum atomic E-state index is 5.74. The van der Waals surface area contributed by atoms with Crippen molar-refractivity contribution >= 4 is 0 Å². The van der Waals surface area contributed by atoms with Crippen LogP contribution in [0.15, 0.2) is 0 Å². The van der Waals surface area contributed by atoms with Crippen molar-refractivity contribution in [3.63, 3.8) is 0 Å². The van der Waals surface area contributed by atoms with Gasteiger partial charge in [-0.25, -0.2) is 0 Å². The van der Waals surface area contributed by atoms with Gasteiger partial charge in [-0.1, -0.05) is 27.7 Å². The van der Waals surface area contributed by atoms with E-state index in [2.05, 4.69) is 37.9 Å². The van der Waals surface area contributed by atoms with Crippen LogP contribution in [0.1, 0.15) is 34.1 Å². The van der Waals surface area contributed by atoms with E-state index in [0.717, 1.165) is 39.3 Å². The molecule has 1 aliphatic heterocycles. The zero-order chi connectivity index (χ0) is 12.0. The standard InChI is InChI=1S/C13H28N2O/c1-5-15-8-9-16-12(11-15)10-14-7-6-13(2,3)4/h12,14H,5-11H2,1-4H3. The molecule has 1 heterocycles. The van der Waals surface area contributed by atoms with Crippen molar-refractivity contribution in [2.45, 2.75) is 40.2 Å². The minimum absolute atomic E-state index is 0.383. The summed E-state index contributed by atoms with van der Waals surface area (Å²) in [6.07, 6.45) is 1.60. The van der Waals surface area contributed by atoms with E-state index >= 15 is 0 Å². The SMILES string of the molecule is CCN1CCOC(CNCCC(C)(C)C)C1. The fourth-order valence-corrected chi connectivity index (χ4v) is 1.92. The molecule has 3 nitrogen and oxygen atoms in total. The Labute approximate surface area is 101 Å². The van der Waals surface area contributed by atoms with E-state index in [9.17, 15) is 0 Å². The number of nitrogens with zero attached hydrogens (tertiary/aromatic N) is 1. The van der Waals surface area contributed by atoms with Crippen LogP contribution in [0.25, 0.3) is 0 Å². The lowest BCUT2D eigenvalue weighted by atomic mass is 9.92. The Morgan fingerprint density at radius 3 is 2.75 bits per heavy atom. The van der Waals surface area contributed by atoms with Crippen molar-refractivity contribution in [2.24, 2.45) is 5.41 Å². The lowest BCUT2D eigenvalue weighted by molar-refractivity contribution is -0.0253. The zero-order valence-electron chi connectivity index (χ0n) is 11.4. The van der Waals surface area contributed by atoms with Crippen LogP contribution in [0.3, 0.4) is 0 Å². The molecular weight excluding hydrogens is 200 g/mol. The highest BCUT2D eigenvalue weighted by Gasteiger charge is 2.18. The first kappa shape index (κ1) is 13.9. The number of ether oxygens (including phenoxy) is 1. The lowest BCUT2D eigenvalue weighted by Gasteiger charge is -2.32. The Kier molecular flexibility index (Phi) is 5.73. The van der Waals surface area contributed by atoms with Crippen molar-refractivity contribution in [1.29, 1.82) is 0 Å². The molecular formula is C13H28N2O. The fraction of sp³-hybridized carbons (Fsp3) is 1.00. The topological polar surface area (TPSA) is 24.5 Å². The first-order valence-electron chi connectivity index (χ1n) is 6.56. The Hall–Kier alpha value is -0.120. The second-order valence-electron chi connectivity index (χ2n) is 5.90. The quantitative estimate of drug-likeness (QED) is 0.725. The molecule has 0 amide bonds. The number of likely N-dealkylation sites (N-methyl/N-ethyl adjacent to an activating group) is 1. The fourth-order valence-electron chi connectivity index (χ4n) is 1.92. The van der Waals surface area contributed by atoms with Crippen LogP contribution in [-0.2, 0) is 4.74 Å². The smallest absolute Gasteiger partial charge is 0.0826 e. The van der Waals surface area contributed by atoms with Gasteiger partial charge in [0.15, 0.2) is 0 Å². The van der Waals surface area contributed by atoms with E-state index in [4.69, 9.17) is 4.74 Å². The molecule has 0 radical (unpaired) electrons. The highest BCUT2D eigenvalue weighted by atomic mass is 16.5. The van der Waals surface area contributed by atoms with Gasteiger partial charge in [-0.3, -0.25) is 4.90 Å². The second kappa shape index (κ2) is 6.58. The highest BCUT2D eigenvalue weighted by molar-refractivity contribution is 4.73. The Balaban J connectivity index is 2.08. The average molecular weight is 228 g/mol. The molecule has 96 valence electrons. The van der Waals surface area contributed by atoms with Crippen molar-refractivity contribution in [2.75, 3.05) is 39.3 Å². The Bertz CT molecular complexity index is 189. The largest absolute Gasteiger partial charge is 0.374 e. The normalized spacial score (nSPS) is 23.6. The molecule has 1 rings (SSSR count). The van der Waals surface area contributed by atoms with Gasteiger partial charge in [0.25, 0.3) is 0 Å². The molecule has 0 spiro atoms. The molecule has 1 atom stereocenters. The van der Waals surface area contributed by atoms with Crippen LogP contribution in [0, 0.1) is 5.41 Å². The molecule has 1 saturated heterocycles. The van der Waals surface area contributed by atoms with Gasteiger partial charge < -0.3 is 10.1 Å². The van der Waals surface area contributed by atoms with E-state index in [1.54, 1.807) is 0 Å². The third kappa shape index (κ3) is 5.83. The number of morpholine rings is 1. The molecule has 1 aliphatic rings. The number of rotatable bonds is 5. The molecule has 0 aliphatic carbocycles. The molecule has 1 N–H and O–H groups in total. The lowest BCUT2D eigenvalue weighted by Crippen LogP contribution is -2.46. The molecule has 0 aromatic rings. The molecule has 1 fully saturated rings. The summed E-state index contributed by atoms with van der Waals surface area (Å²) in [4.78, 5) is 2.46. The van der Waals surface area contributed by atoms with Gasteiger partial charge in [-0.15, -0.1) is 0 Å². The summed E-state index contributed by atoms with van der Waals surface area (Å²) < 4.78 is 5.74. The number of hydrogen-bond donors (Lipinski definition) is 1. The first-order chi connectivity index (χ1) is 7.51. The molecule has 16 heavy (non-hydrogen) atoms. The molecule has 0 bridgehead atoms. The Morgan fingerprint density at radius 1 is 1.38 bits per heavy atom. The van der Waals surface area contributed by atoms with Crippen LogP contribution in [0.5, 0.6) is 0 Å². The first-order valence-corrected chi connectivity index (χ1v) is 6.56. The van der Waals surface area contributed by atoms with E-state index in [1.165, 1.54) is 6.42 Å².